The number of fused-ring (bicyclic) bond motifs is 10. The van der Waals surface area contributed by atoms with E-state index in [-0.39, 0.29) is 10.8 Å². The molecule has 3 nitrogen and oxygen atoms in total. The van der Waals surface area contributed by atoms with Crippen molar-refractivity contribution in [2.75, 3.05) is 4.90 Å². The van der Waals surface area contributed by atoms with Gasteiger partial charge in [-0.25, -0.2) is 0 Å². The summed E-state index contributed by atoms with van der Waals surface area (Å²) in [4.78, 5) is 2.39. The second-order valence-corrected chi connectivity index (χ2v) is 16.0. The SMILES string of the molecule is CC1(C)c2cc(N(c3ccc(-c4ccccc4)cc3)c3ccc4c(c3)oc3c4ccc4c3c3ccccc3n4-c3ccccc3)ccc2C2C=CC=CC21C. The lowest BCUT2D eigenvalue weighted by atomic mass is 9.62. The van der Waals surface area contributed by atoms with Crippen molar-refractivity contribution in [3.05, 3.63) is 193 Å². The van der Waals surface area contributed by atoms with E-state index in [0.29, 0.717) is 5.92 Å². The van der Waals surface area contributed by atoms with Crippen LogP contribution in [0.3, 0.4) is 0 Å². The van der Waals surface area contributed by atoms with E-state index in [0.717, 1.165) is 55.6 Å². The van der Waals surface area contributed by atoms with Crippen LogP contribution in [0.4, 0.5) is 17.1 Å². The summed E-state index contributed by atoms with van der Waals surface area (Å²) in [7, 11) is 0. The van der Waals surface area contributed by atoms with Crippen molar-refractivity contribution in [3.8, 4) is 16.8 Å². The van der Waals surface area contributed by atoms with Crippen LogP contribution in [0.5, 0.6) is 0 Å². The molecule has 0 saturated carbocycles. The third-order valence-electron chi connectivity index (χ3n) is 12.9. The summed E-state index contributed by atoms with van der Waals surface area (Å²) in [5.41, 5.74) is 13.7. The Balaban J connectivity index is 1.10. The van der Waals surface area contributed by atoms with Gasteiger partial charge >= 0.3 is 0 Å². The number of allylic oxidation sites excluding steroid dienone is 4. The van der Waals surface area contributed by atoms with Gasteiger partial charge in [-0.1, -0.05) is 130 Å². The number of furan rings is 1. The van der Waals surface area contributed by atoms with Crippen LogP contribution in [0.1, 0.15) is 37.8 Å². The molecule has 0 fully saturated rings. The number of hydrogen-bond donors (Lipinski definition) is 0. The Morgan fingerprint density at radius 2 is 1.24 bits per heavy atom. The maximum absolute atomic E-state index is 6.99. The lowest BCUT2D eigenvalue weighted by Gasteiger charge is -2.41. The fourth-order valence-electron chi connectivity index (χ4n) is 9.69. The van der Waals surface area contributed by atoms with Gasteiger partial charge in [0, 0.05) is 56.3 Å². The molecule has 3 heteroatoms. The quantitative estimate of drug-likeness (QED) is 0.177. The van der Waals surface area contributed by atoms with E-state index in [4.69, 9.17) is 4.42 Å². The fourth-order valence-corrected chi connectivity index (χ4v) is 9.69. The lowest BCUT2D eigenvalue weighted by Crippen LogP contribution is -2.36. The maximum Gasteiger partial charge on any atom is 0.145 e. The molecule has 55 heavy (non-hydrogen) atoms. The third kappa shape index (κ3) is 4.56. The van der Waals surface area contributed by atoms with Crippen LogP contribution in [-0.2, 0) is 5.41 Å². The van der Waals surface area contributed by atoms with Crippen molar-refractivity contribution in [3.63, 3.8) is 0 Å². The molecule has 2 aromatic heterocycles. The average Bonchev–Trinajstić information content (AvgIpc) is 3.82. The molecule has 0 radical (unpaired) electrons. The third-order valence-corrected chi connectivity index (χ3v) is 12.9. The van der Waals surface area contributed by atoms with Crippen LogP contribution in [0.15, 0.2) is 186 Å². The second-order valence-electron chi connectivity index (χ2n) is 16.0. The highest BCUT2D eigenvalue weighted by atomic mass is 16.3. The molecule has 0 bridgehead atoms. The molecule has 264 valence electrons. The van der Waals surface area contributed by atoms with Crippen molar-refractivity contribution in [1.29, 1.82) is 0 Å². The summed E-state index contributed by atoms with van der Waals surface area (Å²) in [5, 5.41) is 4.57. The van der Waals surface area contributed by atoms with Crippen LogP contribution in [0, 0.1) is 5.41 Å². The molecule has 0 aliphatic heterocycles. The molecule has 2 unspecified atom stereocenters. The van der Waals surface area contributed by atoms with Gasteiger partial charge in [0.05, 0.1) is 16.4 Å². The molecule has 2 aliphatic carbocycles. The number of aromatic nitrogens is 1. The molecule has 2 atom stereocenters. The van der Waals surface area contributed by atoms with Gasteiger partial charge in [0.1, 0.15) is 11.2 Å². The van der Waals surface area contributed by atoms with Gasteiger partial charge in [-0.3, -0.25) is 0 Å². The molecule has 9 aromatic rings. The van der Waals surface area contributed by atoms with Gasteiger partial charge in [0.2, 0.25) is 0 Å². The first-order valence-electron chi connectivity index (χ1n) is 19.3. The minimum absolute atomic E-state index is 0.00697. The highest BCUT2D eigenvalue weighted by molar-refractivity contribution is 6.24. The Bertz CT molecular complexity index is 3020. The van der Waals surface area contributed by atoms with Crippen molar-refractivity contribution < 1.29 is 4.42 Å². The first-order chi connectivity index (χ1) is 26.9. The lowest BCUT2D eigenvalue weighted by molar-refractivity contribution is 0.245. The standard InChI is InChI=1S/C52H40N2O/c1-51(2)45-32-38(26-28-42(45)44-19-12-13-31-52(44,51)3)53(37-23-21-35(22-24-37)34-14-6-4-7-15-34)39-25-27-40-41-29-30-47-49(50(41)55-48(40)33-39)43-18-10-11-20-46(43)54(47)36-16-8-5-9-17-36/h4-33,44H,1-3H3. The van der Waals surface area contributed by atoms with Crippen LogP contribution < -0.4 is 4.90 Å². The van der Waals surface area contributed by atoms with E-state index >= 15 is 0 Å². The molecular formula is C52H40N2O. The molecule has 2 aliphatic rings. The van der Waals surface area contributed by atoms with E-state index in [1.165, 1.54) is 33.2 Å². The van der Waals surface area contributed by atoms with E-state index in [2.05, 4.69) is 212 Å². The van der Waals surface area contributed by atoms with Crippen molar-refractivity contribution in [2.24, 2.45) is 5.41 Å². The number of para-hydroxylation sites is 2. The minimum atomic E-state index is -0.0555. The Morgan fingerprint density at radius 1 is 0.564 bits per heavy atom. The number of rotatable bonds is 5. The van der Waals surface area contributed by atoms with Gasteiger partial charge in [0.25, 0.3) is 0 Å². The van der Waals surface area contributed by atoms with Crippen LogP contribution in [0.2, 0.25) is 0 Å². The van der Waals surface area contributed by atoms with E-state index < -0.39 is 0 Å². The maximum atomic E-state index is 6.99. The minimum Gasteiger partial charge on any atom is -0.455 e. The summed E-state index contributed by atoms with van der Waals surface area (Å²) < 4.78 is 9.34. The zero-order valence-corrected chi connectivity index (χ0v) is 31.2. The highest BCUT2D eigenvalue weighted by Crippen LogP contribution is 2.61. The summed E-state index contributed by atoms with van der Waals surface area (Å²) in [6.45, 7) is 7.24. The van der Waals surface area contributed by atoms with Crippen molar-refractivity contribution in [1.82, 2.24) is 4.57 Å². The normalized spacial score (nSPS) is 18.3. The zero-order chi connectivity index (χ0) is 36.9. The van der Waals surface area contributed by atoms with Crippen LogP contribution in [-0.4, -0.2) is 4.57 Å². The number of hydrogen-bond acceptors (Lipinski definition) is 2. The second kappa shape index (κ2) is 11.7. The Kier molecular flexibility index (Phi) is 6.79. The van der Waals surface area contributed by atoms with Crippen molar-refractivity contribution >= 4 is 60.8 Å². The van der Waals surface area contributed by atoms with Gasteiger partial charge in [0.15, 0.2) is 0 Å². The molecule has 0 spiro atoms. The molecule has 0 N–H and O–H groups in total. The monoisotopic (exact) mass is 708 g/mol. The average molecular weight is 709 g/mol. The van der Waals surface area contributed by atoms with Crippen molar-refractivity contribution in [2.45, 2.75) is 32.1 Å². The highest BCUT2D eigenvalue weighted by Gasteiger charge is 2.53. The number of benzene rings is 7. The van der Waals surface area contributed by atoms with E-state index in [1.807, 2.05) is 0 Å². The van der Waals surface area contributed by atoms with Crippen LogP contribution >= 0.6 is 0 Å². The first-order valence-corrected chi connectivity index (χ1v) is 19.3. The number of anilines is 3. The Hall–Kier alpha value is -6.58. The van der Waals surface area contributed by atoms with Gasteiger partial charge in [-0.15, -0.1) is 0 Å². The largest absolute Gasteiger partial charge is 0.455 e. The van der Waals surface area contributed by atoms with Crippen LogP contribution in [0.25, 0.3) is 60.6 Å². The first kappa shape index (κ1) is 31.9. The summed E-state index contributed by atoms with van der Waals surface area (Å²) in [5.74, 6) is 0.353. The molecule has 7 aromatic carbocycles. The fraction of sp³-hybridized carbons (Fsp3) is 0.115. The Labute approximate surface area is 321 Å². The predicted octanol–water partition coefficient (Wildman–Crippen LogP) is 14.3. The molecule has 0 amide bonds. The van der Waals surface area contributed by atoms with Gasteiger partial charge < -0.3 is 13.9 Å². The zero-order valence-electron chi connectivity index (χ0n) is 31.2. The van der Waals surface area contributed by atoms with Gasteiger partial charge in [-0.2, -0.15) is 0 Å². The van der Waals surface area contributed by atoms with E-state index in [1.54, 1.807) is 0 Å². The molecule has 2 heterocycles. The number of nitrogens with zero attached hydrogens (tertiary/aromatic N) is 2. The molecular weight excluding hydrogens is 669 g/mol. The molecule has 0 saturated heterocycles. The van der Waals surface area contributed by atoms with E-state index in [9.17, 15) is 0 Å². The molecule has 11 rings (SSSR count). The predicted molar refractivity (Wildman–Crippen MR) is 230 cm³/mol. The smallest absolute Gasteiger partial charge is 0.145 e. The summed E-state index contributed by atoms with van der Waals surface area (Å²) >= 11 is 0. The summed E-state index contributed by atoms with van der Waals surface area (Å²) in [6.07, 6.45) is 9.24. The Morgan fingerprint density at radius 3 is 2.05 bits per heavy atom. The van der Waals surface area contributed by atoms with Gasteiger partial charge in [-0.05, 0) is 94.4 Å². The summed E-state index contributed by atoms with van der Waals surface area (Å²) in [6, 6.07) is 57.2. The topological polar surface area (TPSA) is 21.3 Å².